The zero-order chi connectivity index (χ0) is 18.2. The Morgan fingerprint density at radius 1 is 1.08 bits per heavy atom. The number of carbonyl (C=O) groups is 1. The summed E-state index contributed by atoms with van der Waals surface area (Å²) in [5.74, 6) is 1.63. The first kappa shape index (κ1) is 18.3. The summed E-state index contributed by atoms with van der Waals surface area (Å²) in [6, 6.07) is 11.2. The van der Waals surface area contributed by atoms with Crippen LogP contribution >= 0.6 is 0 Å². The van der Waals surface area contributed by atoms with Crippen LogP contribution in [0.4, 0.5) is 0 Å². The van der Waals surface area contributed by atoms with Gasteiger partial charge in [0.25, 0.3) is 5.91 Å². The Labute approximate surface area is 147 Å². The van der Waals surface area contributed by atoms with Crippen molar-refractivity contribution in [2.75, 3.05) is 20.8 Å². The maximum atomic E-state index is 11.9. The number of nitrogens with one attached hydrogen (secondary N) is 1. The number of carbonyl (C=O) groups excluding carboxylic acids is 1. The molecular weight excluding hydrogens is 320 g/mol. The molecule has 132 valence electrons. The van der Waals surface area contributed by atoms with Crippen molar-refractivity contribution in [1.29, 1.82) is 0 Å². The number of hydrazone groups is 1. The van der Waals surface area contributed by atoms with E-state index in [-0.39, 0.29) is 12.5 Å². The number of nitrogens with zero attached hydrogens (tertiary/aromatic N) is 1. The second-order valence-corrected chi connectivity index (χ2v) is 5.46. The van der Waals surface area contributed by atoms with E-state index in [2.05, 4.69) is 10.5 Å². The van der Waals surface area contributed by atoms with Gasteiger partial charge in [0.05, 0.1) is 20.4 Å². The predicted octanol–water partition coefficient (Wildman–Crippen LogP) is 2.85. The number of amides is 1. The van der Waals surface area contributed by atoms with E-state index in [9.17, 15) is 4.79 Å². The van der Waals surface area contributed by atoms with E-state index in [1.807, 2.05) is 32.0 Å². The first-order valence-corrected chi connectivity index (χ1v) is 7.77. The van der Waals surface area contributed by atoms with Crippen molar-refractivity contribution in [3.05, 3.63) is 53.1 Å². The van der Waals surface area contributed by atoms with Gasteiger partial charge in [0, 0.05) is 11.6 Å². The summed E-state index contributed by atoms with van der Waals surface area (Å²) in [5.41, 5.74) is 5.21. The summed E-state index contributed by atoms with van der Waals surface area (Å²) in [5, 5.41) is 3.93. The Morgan fingerprint density at radius 2 is 1.88 bits per heavy atom. The van der Waals surface area contributed by atoms with Gasteiger partial charge in [0.2, 0.25) is 0 Å². The minimum atomic E-state index is -0.343. The number of benzene rings is 2. The maximum absolute atomic E-state index is 11.9. The fraction of sp³-hybridized carbons (Fsp3) is 0.263. The van der Waals surface area contributed by atoms with E-state index >= 15 is 0 Å². The van der Waals surface area contributed by atoms with Gasteiger partial charge < -0.3 is 14.2 Å². The fourth-order valence-electron chi connectivity index (χ4n) is 2.14. The van der Waals surface area contributed by atoms with Gasteiger partial charge in [0.1, 0.15) is 17.2 Å². The third-order valence-electron chi connectivity index (χ3n) is 3.54. The second kappa shape index (κ2) is 8.73. The van der Waals surface area contributed by atoms with Crippen LogP contribution in [0.1, 0.15) is 16.7 Å². The monoisotopic (exact) mass is 342 g/mol. The van der Waals surface area contributed by atoms with Crippen molar-refractivity contribution < 1.29 is 19.0 Å². The first-order valence-electron chi connectivity index (χ1n) is 7.77. The summed E-state index contributed by atoms with van der Waals surface area (Å²) < 4.78 is 15.9. The molecule has 6 nitrogen and oxygen atoms in total. The van der Waals surface area contributed by atoms with Crippen molar-refractivity contribution in [3.63, 3.8) is 0 Å². The smallest absolute Gasteiger partial charge is 0.277 e. The van der Waals surface area contributed by atoms with Gasteiger partial charge in [-0.15, -0.1) is 0 Å². The normalized spacial score (nSPS) is 10.6. The maximum Gasteiger partial charge on any atom is 0.277 e. The summed E-state index contributed by atoms with van der Waals surface area (Å²) in [6.45, 7) is 3.79. The van der Waals surface area contributed by atoms with Crippen molar-refractivity contribution in [2.24, 2.45) is 5.10 Å². The van der Waals surface area contributed by atoms with Crippen molar-refractivity contribution >= 4 is 12.1 Å². The van der Waals surface area contributed by atoms with E-state index in [1.54, 1.807) is 32.4 Å². The van der Waals surface area contributed by atoms with Crippen LogP contribution in [0.2, 0.25) is 0 Å². The van der Waals surface area contributed by atoms with Gasteiger partial charge in [-0.3, -0.25) is 4.79 Å². The number of ether oxygens (including phenoxy) is 3. The second-order valence-electron chi connectivity index (χ2n) is 5.46. The highest BCUT2D eigenvalue weighted by atomic mass is 16.5. The lowest BCUT2D eigenvalue weighted by atomic mass is 10.1. The molecule has 0 heterocycles. The van der Waals surface area contributed by atoms with Crippen molar-refractivity contribution in [2.45, 2.75) is 13.8 Å². The molecule has 2 aromatic rings. The number of rotatable bonds is 7. The van der Waals surface area contributed by atoms with Crippen LogP contribution in [-0.4, -0.2) is 32.9 Å². The zero-order valence-corrected chi connectivity index (χ0v) is 14.8. The molecule has 1 N–H and O–H groups in total. The largest absolute Gasteiger partial charge is 0.497 e. The standard InChI is InChI=1S/C19H22N2O4/c1-13-5-6-14(2)17(9-13)25-12-19(22)21-20-11-15-7-8-16(23-3)10-18(15)24-4/h5-11H,12H2,1-4H3,(H,21,22). The lowest BCUT2D eigenvalue weighted by Gasteiger charge is -2.09. The van der Waals surface area contributed by atoms with Crippen LogP contribution < -0.4 is 19.6 Å². The Balaban J connectivity index is 1.91. The van der Waals surface area contributed by atoms with Crippen LogP contribution in [0, 0.1) is 13.8 Å². The molecule has 6 heteroatoms. The van der Waals surface area contributed by atoms with Crippen LogP contribution in [0.3, 0.4) is 0 Å². The molecule has 0 aliphatic carbocycles. The van der Waals surface area contributed by atoms with E-state index in [0.717, 1.165) is 16.7 Å². The fourth-order valence-corrected chi connectivity index (χ4v) is 2.14. The van der Waals surface area contributed by atoms with Crippen LogP contribution in [-0.2, 0) is 4.79 Å². The highest BCUT2D eigenvalue weighted by Crippen LogP contribution is 2.23. The third-order valence-corrected chi connectivity index (χ3v) is 3.54. The molecule has 0 radical (unpaired) electrons. The topological polar surface area (TPSA) is 69.2 Å². The molecule has 0 spiro atoms. The average Bonchev–Trinajstić information content (AvgIpc) is 2.62. The molecule has 0 fully saturated rings. The Kier molecular flexibility index (Phi) is 6.39. The third kappa shape index (κ3) is 5.24. The lowest BCUT2D eigenvalue weighted by Crippen LogP contribution is -2.24. The summed E-state index contributed by atoms with van der Waals surface area (Å²) in [7, 11) is 3.14. The molecule has 0 bridgehead atoms. The van der Waals surface area contributed by atoms with Gasteiger partial charge >= 0.3 is 0 Å². The molecule has 0 atom stereocenters. The lowest BCUT2D eigenvalue weighted by molar-refractivity contribution is -0.123. The number of hydrogen-bond acceptors (Lipinski definition) is 5. The van der Waals surface area contributed by atoms with Crippen LogP contribution in [0.5, 0.6) is 17.2 Å². The van der Waals surface area contributed by atoms with Gasteiger partial charge in [0.15, 0.2) is 6.61 Å². The summed E-state index contributed by atoms with van der Waals surface area (Å²) in [4.78, 5) is 11.9. The summed E-state index contributed by atoms with van der Waals surface area (Å²) in [6.07, 6.45) is 1.51. The molecule has 2 rings (SSSR count). The zero-order valence-electron chi connectivity index (χ0n) is 14.8. The molecule has 1 amide bonds. The van der Waals surface area contributed by atoms with E-state index < -0.39 is 0 Å². The number of hydrogen-bond donors (Lipinski definition) is 1. The van der Waals surface area contributed by atoms with Crippen molar-refractivity contribution in [3.8, 4) is 17.2 Å². The Morgan fingerprint density at radius 3 is 2.60 bits per heavy atom. The van der Waals surface area contributed by atoms with Crippen LogP contribution in [0.15, 0.2) is 41.5 Å². The summed E-state index contributed by atoms with van der Waals surface area (Å²) >= 11 is 0. The molecule has 0 aliphatic rings. The predicted molar refractivity (Wildman–Crippen MR) is 96.7 cm³/mol. The van der Waals surface area contributed by atoms with E-state index in [4.69, 9.17) is 14.2 Å². The first-order chi connectivity index (χ1) is 12.0. The molecule has 0 unspecified atom stereocenters. The van der Waals surface area contributed by atoms with Gasteiger partial charge in [-0.2, -0.15) is 5.10 Å². The molecular formula is C19H22N2O4. The van der Waals surface area contributed by atoms with E-state index in [1.165, 1.54) is 6.21 Å². The van der Waals surface area contributed by atoms with Gasteiger partial charge in [-0.1, -0.05) is 12.1 Å². The molecule has 0 aliphatic heterocycles. The Bertz CT molecular complexity index is 772. The van der Waals surface area contributed by atoms with E-state index in [0.29, 0.717) is 17.2 Å². The van der Waals surface area contributed by atoms with Gasteiger partial charge in [-0.25, -0.2) is 5.43 Å². The number of methoxy groups -OCH3 is 2. The minimum Gasteiger partial charge on any atom is -0.497 e. The number of aryl methyl sites for hydroxylation is 2. The van der Waals surface area contributed by atoms with Gasteiger partial charge in [-0.05, 0) is 43.2 Å². The molecule has 0 aromatic heterocycles. The highest BCUT2D eigenvalue weighted by molar-refractivity contribution is 5.85. The molecule has 2 aromatic carbocycles. The minimum absolute atomic E-state index is 0.110. The van der Waals surface area contributed by atoms with Crippen LogP contribution in [0.25, 0.3) is 0 Å². The average molecular weight is 342 g/mol. The molecule has 0 saturated heterocycles. The molecule has 0 saturated carbocycles. The SMILES string of the molecule is COc1ccc(C=NNC(=O)COc2cc(C)ccc2C)c(OC)c1. The Hall–Kier alpha value is -3.02. The highest BCUT2D eigenvalue weighted by Gasteiger charge is 2.05. The van der Waals surface area contributed by atoms with Crippen molar-refractivity contribution in [1.82, 2.24) is 5.43 Å². The molecule has 25 heavy (non-hydrogen) atoms. The quantitative estimate of drug-likeness (QED) is 0.620.